The Bertz CT molecular complexity index is 1340. The van der Waals surface area contributed by atoms with Crippen LogP contribution in [-0.4, -0.2) is 35.2 Å². The normalized spacial score (nSPS) is 13.4. The van der Waals surface area contributed by atoms with Crippen LogP contribution in [0, 0.1) is 0 Å². The van der Waals surface area contributed by atoms with Crippen LogP contribution in [0.5, 0.6) is 0 Å². The molecule has 0 spiro atoms. The molecule has 5 amide bonds. The number of carbonyl (C=O) groups is 4. The van der Waals surface area contributed by atoms with Crippen LogP contribution >= 0.6 is 0 Å². The quantitative estimate of drug-likeness (QED) is 0.443. The fraction of sp³-hybridized carbons (Fsp3) is 0.120. The Kier molecular flexibility index (Phi) is 6.73. The zero-order valence-electron chi connectivity index (χ0n) is 18.6. The third kappa shape index (κ3) is 5.52. The van der Waals surface area contributed by atoms with Gasteiger partial charge in [-0.05, 0) is 48.0 Å². The number of urea groups is 1. The van der Waals surface area contributed by atoms with Gasteiger partial charge in [0.15, 0.2) is 0 Å². The van der Waals surface area contributed by atoms with Gasteiger partial charge in [0.1, 0.15) is 0 Å². The number of hydrogen-bond donors (Lipinski definition) is 3. The smallest absolute Gasteiger partial charge is 0.329 e. The second kappa shape index (κ2) is 9.90. The van der Waals surface area contributed by atoms with Crippen LogP contribution in [0.3, 0.4) is 0 Å². The van der Waals surface area contributed by atoms with Crippen molar-refractivity contribution in [1.29, 1.82) is 0 Å². The van der Waals surface area contributed by atoms with E-state index in [1.807, 2.05) is 0 Å². The van der Waals surface area contributed by atoms with Crippen molar-refractivity contribution in [3.8, 4) is 0 Å². The van der Waals surface area contributed by atoms with Gasteiger partial charge >= 0.3 is 12.2 Å². The molecular formula is C25H19F3N4O4. The van der Waals surface area contributed by atoms with Crippen LogP contribution in [0.25, 0.3) is 0 Å². The number of nitrogens with zero attached hydrogens (tertiary/aromatic N) is 1. The summed E-state index contributed by atoms with van der Waals surface area (Å²) in [7, 11) is 0. The third-order valence-corrected chi connectivity index (χ3v) is 5.33. The minimum atomic E-state index is -4.56. The molecule has 3 N–H and O–H groups in total. The number of alkyl halides is 3. The van der Waals surface area contributed by atoms with E-state index >= 15 is 0 Å². The number of amides is 5. The number of halogens is 3. The zero-order valence-corrected chi connectivity index (χ0v) is 18.6. The molecule has 8 nitrogen and oxygen atoms in total. The Labute approximate surface area is 203 Å². The number of anilines is 2. The van der Waals surface area contributed by atoms with Crippen LogP contribution in [-0.2, 0) is 17.5 Å². The van der Waals surface area contributed by atoms with Gasteiger partial charge in [-0.1, -0.05) is 30.3 Å². The summed E-state index contributed by atoms with van der Waals surface area (Å²) in [4.78, 5) is 50.3. The summed E-state index contributed by atoms with van der Waals surface area (Å²) in [6.07, 6.45) is -4.56. The molecule has 0 bridgehead atoms. The van der Waals surface area contributed by atoms with Gasteiger partial charge in [-0.3, -0.25) is 19.3 Å². The van der Waals surface area contributed by atoms with Gasteiger partial charge in [0.25, 0.3) is 11.8 Å². The van der Waals surface area contributed by atoms with Crippen LogP contribution in [0.15, 0.2) is 72.8 Å². The lowest BCUT2D eigenvalue weighted by Crippen LogP contribution is -2.30. The summed E-state index contributed by atoms with van der Waals surface area (Å²) in [5.74, 6) is -1.65. The SMILES string of the molecule is O=C(Nc1ccccc1C(=O)Nc1cccc(C(F)(F)F)c1)c1cccc(CN2C(=O)CNC2=O)c1. The number of rotatable bonds is 6. The van der Waals surface area contributed by atoms with Crippen molar-refractivity contribution in [2.45, 2.75) is 12.7 Å². The first-order chi connectivity index (χ1) is 17.1. The molecule has 0 atom stereocenters. The molecule has 4 rings (SSSR count). The molecule has 1 aliphatic heterocycles. The Morgan fingerprint density at radius 2 is 1.64 bits per heavy atom. The number of para-hydroxylation sites is 1. The monoisotopic (exact) mass is 496 g/mol. The minimum Gasteiger partial charge on any atom is -0.329 e. The highest BCUT2D eigenvalue weighted by Crippen LogP contribution is 2.31. The first-order valence-electron chi connectivity index (χ1n) is 10.7. The van der Waals surface area contributed by atoms with Crippen molar-refractivity contribution >= 4 is 35.1 Å². The standard InChI is InChI=1S/C25H19F3N4O4/c26-25(27,28)17-7-4-8-18(12-17)30-23(35)19-9-1-2-10-20(19)31-22(34)16-6-3-5-15(11-16)14-32-21(33)13-29-24(32)36/h1-12H,13-14H2,(H,29,36)(H,30,35)(H,31,34). The summed E-state index contributed by atoms with van der Waals surface area (Å²) in [5.41, 5.74) is -0.0134. The molecule has 0 radical (unpaired) electrons. The third-order valence-electron chi connectivity index (χ3n) is 5.33. The van der Waals surface area contributed by atoms with Gasteiger partial charge in [0.2, 0.25) is 5.91 Å². The van der Waals surface area contributed by atoms with Gasteiger partial charge < -0.3 is 16.0 Å². The summed E-state index contributed by atoms with van der Waals surface area (Å²) in [5, 5.41) is 7.46. The number of hydrogen-bond acceptors (Lipinski definition) is 4. The fourth-order valence-corrected chi connectivity index (χ4v) is 3.57. The van der Waals surface area contributed by atoms with Crippen LogP contribution in [0.2, 0.25) is 0 Å². The molecule has 3 aromatic rings. The average Bonchev–Trinajstić information content (AvgIpc) is 3.16. The molecule has 1 fully saturated rings. The van der Waals surface area contributed by atoms with E-state index in [0.717, 1.165) is 17.0 Å². The van der Waals surface area contributed by atoms with E-state index in [4.69, 9.17) is 0 Å². The van der Waals surface area contributed by atoms with Crippen LogP contribution < -0.4 is 16.0 Å². The van der Waals surface area contributed by atoms with Gasteiger partial charge in [0, 0.05) is 11.3 Å². The molecule has 0 aliphatic carbocycles. The van der Waals surface area contributed by atoms with Gasteiger partial charge in [0.05, 0.1) is 29.9 Å². The molecule has 1 saturated heterocycles. The van der Waals surface area contributed by atoms with Crippen molar-refractivity contribution < 1.29 is 32.3 Å². The number of carbonyl (C=O) groups excluding carboxylic acids is 4. The summed E-state index contributed by atoms with van der Waals surface area (Å²) in [6, 6.07) is 16.0. The van der Waals surface area contributed by atoms with E-state index < -0.39 is 29.6 Å². The lowest BCUT2D eigenvalue weighted by Gasteiger charge is -2.14. The number of imide groups is 1. The summed E-state index contributed by atoms with van der Waals surface area (Å²) in [6.45, 7) is -0.0971. The maximum absolute atomic E-state index is 13.0. The van der Waals surface area contributed by atoms with E-state index in [2.05, 4.69) is 16.0 Å². The molecule has 1 heterocycles. The maximum Gasteiger partial charge on any atom is 0.416 e. The highest BCUT2D eigenvalue weighted by molar-refractivity contribution is 6.12. The molecule has 3 aromatic carbocycles. The molecule has 0 saturated carbocycles. The predicted molar refractivity (Wildman–Crippen MR) is 124 cm³/mol. The largest absolute Gasteiger partial charge is 0.416 e. The number of benzene rings is 3. The topological polar surface area (TPSA) is 108 Å². The second-order valence-electron chi connectivity index (χ2n) is 7.87. The lowest BCUT2D eigenvalue weighted by molar-refractivity contribution is -0.137. The Morgan fingerprint density at radius 1 is 0.889 bits per heavy atom. The fourth-order valence-electron chi connectivity index (χ4n) is 3.57. The van der Waals surface area contributed by atoms with Crippen molar-refractivity contribution in [2.24, 2.45) is 0 Å². The first kappa shape index (κ1) is 24.5. The number of nitrogens with one attached hydrogen (secondary N) is 3. The Morgan fingerprint density at radius 3 is 2.36 bits per heavy atom. The van der Waals surface area contributed by atoms with Crippen molar-refractivity contribution in [2.75, 3.05) is 17.2 Å². The molecule has 36 heavy (non-hydrogen) atoms. The molecule has 11 heteroatoms. The second-order valence-corrected chi connectivity index (χ2v) is 7.87. The minimum absolute atomic E-state index is 0.0121. The van der Waals surface area contributed by atoms with Crippen molar-refractivity contribution in [1.82, 2.24) is 10.2 Å². The summed E-state index contributed by atoms with van der Waals surface area (Å²) >= 11 is 0. The lowest BCUT2D eigenvalue weighted by atomic mass is 10.1. The van der Waals surface area contributed by atoms with E-state index in [-0.39, 0.29) is 41.5 Å². The molecule has 184 valence electrons. The van der Waals surface area contributed by atoms with E-state index in [9.17, 15) is 32.3 Å². The highest BCUT2D eigenvalue weighted by Gasteiger charge is 2.31. The maximum atomic E-state index is 13.0. The van der Waals surface area contributed by atoms with Crippen LogP contribution in [0.1, 0.15) is 31.8 Å². The van der Waals surface area contributed by atoms with Crippen molar-refractivity contribution in [3.05, 3.63) is 95.1 Å². The molecular weight excluding hydrogens is 477 g/mol. The average molecular weight is 496 g/mol. The van der Waals surface area contributed by atoms with Gasteiger partial charge in [-0.2, -0.15) is 13.2 Å². The van der Waals surface area contributed by atoms with E-state index in [1.54, 1.807) is 24.3 Å². The summed E-state index contributed by atoms with van der Waals surface area (Å²) < 4.78 is 38.9. The first-order valence-corrected chi connectivity index (χ1v) is 10.7. The zero-order chi connectivity index (χ0) is 25.9. The van der Waals surface area contributed by atoms with E-state index in [1.165, 1.54) is 36.4 Å². The van der Waals surface area contributed by atoms with E-state index in [0.29, 0.717) is 5.56 Å². The van der Waals surface area contributed by atoms with Crippen LogP contribution in [0.4, 0.5) is 29.3 Å². The highest BCUT2D eigenvalue weighted by atomic mass is 19.4. The molecule has 1 aliphatic rings. The van der Waals surface area contributed by atoms with Gasteiger partial charge in [-0.15, -0.1) is 0 Å². The molecule has 0 unspecified atom stereocenters. The van der Waals surface area contributed by atoms with Crippen molar-refractivity contribution in [3.63, 3.8) is 0 Å². The predicted octanol–water partition coefficient (Wildman–Crippen LogP) is 4.26. The van der Waals surface area contributed by atoms with Gasteiger partial charge in [-0.25, -0.2) is 4.79 Å². The molecule has 0 aromatic heterocycles. The Hall–Kier alpha value is -4.67. The Balaban J connectivity index is 1.49.